The van der Waals surface area contributed by atoms with Gasteiger partial charge in [0, 0.05) is 5.92 Å². The Labute approximate surface area is 62.5 Å². The topological polar surface area (TPSA) is 18.5 Å². The molecule has 2 atom stereocenters. The molecule has 1 heterocycles. The lowest BCUT2D eigenvalue weighted by Crippen LogP contribution is -2.33. The summed E-state index contributed by atoms with van der Waals surface area (Å²) in [5, 5.41) is 0. The second-order valence-corrected chi connectivity index (χ2v) is 3.22. The van der Waals surface area contributed by atoms with E-state index in [1.807, 2.05) is 0 Å². The molecule has 2 nitrogen and oxygen atoms in total. The third-order valence-corrected chi connectivity index (χ3v) is 1.72. The largest absolute Gasteiger partial charge is 0.352 e. The van der Waals surface area contributed by atoms with Crippen LogP contribution < -0.4 is 0 Å². The van der Waals surface area contributed by atoms with Crippen molar-refractivity contribution in [1.82, 2.24) is 0 Å². The molecular weight excluding hydrogens is 128 g/mol. The lowest BCUT2D eigenvalue weighted by molar-refractivity contribution is -0.225. The highest BCUT2D eigenvalue weighted by Crippen LogP contribution is 2.17. The highest BCUT2D eigenvalue weighted by molar-refractivity contribution is 4.61. The number of rotatable bonds is 1. The maximum atomic E-state index is 5.53. The first kappa shape index (κ1) is 8.02. The summed E-state index contributed by atoms with van der Waals surface area (Å²) in [5.74, 6) is 0.475. The Hall–Kier alpha value is -0.0800. The Bertz CT molecular complexity index is 101. The van der Waals surface area contributed by atoms with Gasteiger partial charge in [0.25, 0.3) is 0 Å². The minimum absolute atomic E-state index is 0.0312. The summed E-state index contributed by atoms with van der Waals surface area (Å²) in [7, 11) is 0. The van der Waals surface area contributed by atoms with Gasteiger partial charge in [-0.3, -0.25) is 0 Å². The number of ether oxygens (including phenoxy) is 2. The Morgan fingerprint density at radius 1 is 1.40 bits per heavy atom. The van der Waals surface area contributed by atoms with Crippen LogP contribution >= 0.6 is 0 Å². The zero-order valence-electron chi connectivity index (χ0n) is 6.96. The first-order valence-electron chi connectivity index (χ1n) is 3.97. The molecule has 0 aromatic carbocycles. The summed E-state index contributed by atoms with van der Waals surface area (Å²) < 4.78 is 10.9. The Kier molecular flexibility index (Phi) is 2.69. The molecule has 0 spiro atoms. The van der Waals surface area contributed by atoms with Crippen molar-refractivity contribution in [2.75, 3.05) is 6.61 Å². The number of hydrogen-bond donors (Lipinski definition) is 0. The molecule has 1 aliphatic heterocycles. The van der Waals surface area contributed by atoms with Crippen molar-refractivity contribution >= 4 is 0 Å². The third kappa shape index (κ3) is 1.96. The van der Waals surface area contributed by atoms with Crippen LogP contribution in [-0.4, -0.2) is 19.0 Å². The summed E-state index contributed by atoms with van der Waals surface area (Å²) in [4.78, 5) is 0. The van der Waals surface area contributed by atoms with Gasteiger partial charge in [-0.05, 0) is 13.3 Å². The van der Waals surface area contributed by atoms with Gasteiger partial charge in [-0.25, -0.2) is 0 Å². The van der Waals surface area contributed by atoms with E-state index in [2.05, 4.69) is 20.8 Å². The second-order valence-electron chi connectivity index (χ2n) is 3.22. The van der Waals surface area contributed by atoms with Crippen LogP contribution in [0.5, 0.6) is 0 Å². The summed E-state index contributed by atoms with van der Waals surface area (Å²) in [5.41, 5.74) is 0. The normalized spacial score (nSPS) is 34.8. The van der Waals surface area contributed by atoms with Gasteiger partial charge in [-0.2, -0.15) is 0 Å². The maximum absolute atomic E-state index is 5.53. The third-order valence-electron chi connectivity index (χ3n) is 1.72. The lowest BCUT2D eigenvalue weighted by Gasteiger charge is -2.30. The molecule has 0 N–H and O–H groups in total. The summed E-state index contributed by atoms with van der Waals surface area (Å²) in [6.45, 7) is 7.17. The van der Waals surface area contributed by atoms with Crippen LogP contribution in [0.4, 0.5) is 0 Å². The molecule has 1 aliphatic rings. The van der Waals surface area contributed by atoms with E-state index in [-0.39, 0.29) is 6.29 Å². The molecule has 0 bridgehead atoms. The average molecular weight is 144 g/mol. The predicted molar refractivity (Wildman–Crippen MR) is 39.7 cm³/mol. The standard InChI is InChI=1S/C8H16O2/c1-6(2)8-9-5-4-7(3)10-8/h6-8H,4-5H2,1-3H3/t7-,8-/m0/s1. The maximum Gasteiger partial charge on any atom is 0.160 e. The van der Waals surface area contributed by atoms with Gasteiger partial charge in [0.05, 0.1) is 12.7 Å². The fraction of sp³-hybridized carbons (Fsp3) is 1.00. The zero-order valence-corrected chi connectivity index (χ0v) is 6.96. The van der Waals surface area contributed by atoms with Gasteiger partial charge in [0.1, 0.15) is 0 Å². The molecule has 0 aromatic heterocycles. The van der Waals surface area contributed by atoms with Crippen LogP contribution in [0.25, 0.3) is 0 Å². The molecule has 0 saturated carbocycles. The van der Waals surface area contributed by atoms with Crippen molar-refractivity contribution in [3.63, 3.8) is 0 Å². The molecule has 0 unspecified atom stereocenters. The smallest absolute Gasteiger partial charge is 0.160 e. The molecule has 1 fully saturated rings. The van der Waals surface area contributed by atoms with Gasteiger partial charge in [-0.1, -0.05) is 13.8 Å². The van der Waals surface area contributed by atoms with E-state index >= 15 is 0 Å². The van der Waals surface area contributed by atoms with E-state index < -0.39 is 0 Å². The van der Waals surface area contributed by atoms with E-state index in [0.717, 1.165) is 13.0 Å². The molecule has 2 heteroatoms. The van der Waals surface area contributed by atoms with Crippen molar-refractivity contribution < 1.29 is 9.47 Å². The van der Waals surface area contributed by atoms with Crippen molar-refractivity contribution in [3.8, 4) is 0 Å². The molecule has 10 heavy (non-hydrogen) atoms. The van der Waals surface area contributed by atoms with Gasteiger partial charge in [0.15, 0.2) is 6.29 Å². The summed E-state index contributed by atoms with van der Waals surface area (Å²) in [6, 6.07) is 0. The first-order valence-corrected chi connectivity index (χ1v) is 3.97. The van der Waals surface area contributed by atoms with Gasteiger partial charge >= 0.3 is 0 Å². The van der Waals surface area contributed by atoms with Gasteiger partial charge in [0.2, 0.25) is 0 Å². The SMILES string of the molecule is CC(C)[C@H]1OCC[C@H](C)O1. The Balaban J connectivity index is 2.32. The molecule has 1 rings (SSSR count). The molecule has 1 saturated heterocycles. The van der Waals surface area contributed by atoms with Crippen molar-refractivity contribution in [3.05, 3.63) is 0 Å². The fourth-order valence-electron chi connectivity index (χ4n) is 1.04. The van der Waals surface area contributed by atoms with Crippen molar-refractivity contribution in [1.29, 1.82) is 0 Å². The molecular formula is C8H16O2. The molecule has 0 radical (unpaired) electrons. The van der Waals surface area contributed by atoms with Crippen molar-refractivity contribution in [2.24, 2.45) is 5.92 Å². The van der Waals surface area contributed by atoms with E-state index in [0.29, 0.717) is 12.0 Å². The lowest BCUT2D eigenvalue weighted by atomic mass is 10.2. The fourth-order valence-corrected chi connectivity index (χ4v) is 1.04. The van der Waals surface area contributed by atoms with Crippen LogP contribution in [0.15, 0.2) is 0 Å². The Morgan fingerprint density at radius 3 is 2.50 bits per heavy atom. The average Bonchev–Trinajstić information content (AvgIpc) is 1.88. The van der Waals surface area contributed by atoms with Crippen LogP contribution in [0.3, 0.4) is 0 Å². The Morgan fingerprint density at radius 2 is 2.10 bits per heavy atom. The van der Waals surface area contributed by atoms with Crippen LogP contribution in [0.1, 0.15) is 27.2 Å². The van der Waals surface area contributed by atoms with Gasteiger partial charge < -0.3 is 9.47 Å². The first-order chi connectivity index (χ1) is 4.70. The summed E-state index contributed by atoms with van der Waals surface area (Å²) in [6.07, 6.45) is 1.44. The predicted octanol–water partition coefficient (Wildman–Crippen LogP) is 1.79. The molecule has 0 aromatic rings. The number of hydrogen-bond acceptors (Lipinski definition) is 2. The highest BCUT2D eigenvalue weighted by atomic mass is 16.7. The van der Waals surface area contributed by atoms with E-state index in [4.69, 9.17) is 9.47 Å². The second kappa shape index (κ2) is 3.35. The molecule has 60 valence electrons. The van der Waals surface area contributed by atoms with Crippen LogP contribution in [0.2, 0.25) is 0 Å². The van der Waals surface area contributed by atoms with Crippen LogP contribution in [0, 0.1) is 5.92 Å². The monoisotopic (exact) mass is 144 g/mol. The van der Waals surface area contributed by atoms with Crippen molar-refractivity contribution in [2.45, 2.75) is 39.6 Å². The van der Waals surface area contributed by atoms with Crippen LogP contribution in [-0.2, 0) is 9.47 Å². The highest BCUT2D eigenvalue weighted by Gasteiger charge is 2.21. The summed E-state index contributed by atoms with van der Waals surface area (Å²) >= 11 is 0. The van der Waals surface area contributed by atoms with E-state index in [9.17, 15) is 0 Å². The van der Waals surface area contributed by atoms with E-state index in [1.54, 1.807) is 0 Å². The molecule has 0 amide bonds. The zero-order chi connectivity index (χ0) is 7.56. The molecule has 0 aliphatic carbocycles. The minimum Gasteiger partial charge on any atom is -0.352 e. The minimum atomic E-state index is 0.0312. The van der Waals surface area contributed by atoms with Gasteiger partial charge in [-0.15, -0.1) is 0 Å². The quantitative estimate of drug-likeness (QED) is 0.558. The van der Waals surface area contributed by atoms with E-state index in [1.165, 1.54) is 0 Å².